The van der Waals surface area contributed by atoms with Crippen LogP contribution in [0.1, 0.15) is 35.5 Å². The fourth-order valence-electron chi connectivity index (χ4n) is 3.27. The van der Waals surface area contributed by atoms with Gasteiger partial charge in [0.25, 0.3) is 0 Å². The van der Waals surface area contributed by atoms with Gasteiger partial charge < -0.3 is 4.52 Å². The number of rotatable bonds is 4. The summed E-state index contributed by atoms with van der Waals surface area (Å²) in [5, 5.41) is 4.91. The van der Waals surface area contributed by atoms with Gasteiger partial charge in [0.2, 0.25) is 0 Å². The Kier molecular flexibility index (Phi) is 5.05. The molecule has 23 heavy (non-hydrogen) atoms. The van der Waals surface area contributed by atoms with Crippen LogP contribution >= 0.6 is 11.6 Å². The molecule has 1 saturated heterocycles. The molecule has 3 rings (SSSR count). The number of hydrogen-bond acceptors (Lipinski definition) is 4. The van der Waals surface area contributed by atoms with Gasteiger partial charge in [-0.1, -0.05) is 35.0 Å². The van der Waals surface area contributed by atoms with Crippen LogP contribution in [0.4, 0.5) is 0 Å². The van der Waals surface area contributed by atoms with E-state index in [9.17, 15) is 0 Å². The number of aryl methyl sites for hydroxylation is 2. The van der Waals surface area contributed by atoms with E-state index in [0.29, 0.717) is 6.04 Å². The molecule has 0 saturated carbocycles. The summed E-state index contributed by atoms with van der Waals surface area (Å²) in [5.74, 6) is 0.939. The first-order chi connectivity index (χ1) is 11.1. The predicted octanol–water partition coefficient (Wildman–Crippen LogP) is 3.82. The van der Waals surface area contributed by atoms with E-state index in [0.717, 1.165) is 49.2 Å². The van der Waals surface area contributed by atoms with Crippen LogP contribution in [0.15, 0.2) is 28.8 Å². The molecule has 1 aromatic carbocycles. The Labute approximate surface area is 143 Å². The van der Waals surface area contributed by atoms with Crippen LogP contribution in [0.25, 0.3) is 0 Å². The summed E-state index contributed by atoms with van der Waals surface area (Å²) in [6.45, 7) is 11.4. The van der Waals surface area contributed by atoms with E-state index in [1.807, 2.05) is 26.0 Å². The van der Waals surface area contributed by atoms with Crippen LogP contribution < -0.4 is 0 Å². The summed E-state index contributed by atoms with van der Waals surface area (Å²) in [5.41, 5.74) is 3.46. The highest BCUT2D eigenvalue weighted by Gasteiger charge is 2.24. The lowest BCUT2D eigenvalue weighted by Crippen LogP contribution is -2.46. The third-order valence-corrected chi connectivity index (χ3v) is 5.22. The Morgan fingerprint density at radius 1 is 1.17 bits per heavy atom. The molecule has 0 spiro atoms. The van der Waals surface area contributed by atoms with Crippen molar-refractivity contribution in [3.05, 3.63) is 51.9 Å². The van der Waals surface area contributed by atoms with Crippen LogP contribution in [0.5, 0.6) is 0 Å². The number of piperazine rings is 1. The molecule has 0 aliphatic carbocycles. The van der Waals surface area contributed by atoms with E-state index in [2.05, 4.69) is 34.0 Å². The van der Waals surface area contributed by atoms with E-state index >= 15 is 0 Å². The van der Waals surface area contributed by atoms with Gasteiger partial charge in [-0.25, -0.2) is 0 Å². The average molecular weight is 334 g/mol. The molecule has 1 aliphatic rings. The zero-order chi connectivity index (χ0) is 16.4. The monoisotopic (exact) mass is 333 g/mol. The fraction of sp³-hybridized carbons (Fsp3) is 0.500. The summed E-state index contributed by atoms with van der Waals surface area (Å²) < 4.78 is 5.27. The summed E-state index contributed by atoms with van der Waals surface area (Å²) in [6.07, 6.45) is 0. The number of benzene rings is 1. The summed E-state index contributed by atoms with van der Waals surface area (Å²) in [6, 6.07) is 8.50. The standard InChI is InChI=1S/C18H24ClN3O/c1-13-17(15(3)23-20-13)12-21-8-10-22(11-9-21)14(2)16-6-4-5-7-18(16)19/h4-7,14H,8-12H2,1-3H3. The zero-order valence-corrected chi connectivity index (χ0v) is 14.8. The third-order valence-electron chi connectivity index (χ3n) is 4.87. The first-order valence-corrected chi connectivity index (χ1v) is 8.56. The van der Waals surface area contributed by atoms with Crippen LogP contribution in [-0.2, 0) is 6.54 Å². The van der Waals surface area contributed by atoms with Gasteiger partial charge in [0.05, 0.1) is 5.69 Å². The number of hydrogen-bond donors (Lipinski definition) is 0. The van der Waals surface area contributed by atoms with Gasteiger partial charge in [-0.2, -0.15) is 0 Å². The third kappa shape index (κ3) is 3.60. The highest BCUT2D eigenvalue weighted by atomic mass is 35.5. The molecule has 1 fully saturated rings. The van der Waals surface area contributed by atoms with Crippen molar-refractivity contribution in [2.24, 2.45) is 0 Å². The molecule has 124 valence electrons. The molecule has 2 heterocycles. The van der Waals surface area contributed by atoms with Gasteiger partial charge >= 0.3 is 0 Å². The fourth-order valence-corrected chi connectivity index (χ4v) is 3.56. The van der Waals surface area contributed by atoms with Crippen molar-refractivity contribution < 1.29 is 4.52 Å². The molecule has 0 amide bonds. The highest BCUT2D eigenvalue weighted by Crippen LogP contribution is 2.28. The Balaban J connectivity index is 1.59. The predicted molar refractivity (Wildman–Crippen MR) is 92.7 cm³/mol. The lowest BCUT2D eigenvalue weighted by atomic mass is 10.1. The second-order valence-corrected chi connectivity index (χ2v) is 6.72. The SMILES string of the molecule is Cc1noc(C)c1CN1CCN(C(C)c2ccccc2Cl)CC1. The molecule has 1 atom stereocenters. The molecule has 4 nitrogen and oxygen atoms in total. The largest absolute Gasteiger partial charge is 0.361 e. The Morgan fingerprint density at radius 3 is 2.48 bits per heavy atom. The molecular weight excluding hydrogens is 310 g/mol. The van der Waals surface area contributed by atoms with Crippen molar-refractivity contribution in [1.29, 1.82) is 0 Å². The molecule has 1 unspecified atom stereocenters. The minimum absolute atomic E-state index is 0.352. The maximum absolute atomic E-state index is 6.34. The number of nitrogens with zero attached hydrogens (tertiary/aromatic N) is 3. The Bertz CT molecular complexity index is 643. The smallest absolute Gasteiger partial charge is 0.138 e. The molecule has 1 aliphatic heterocycles. The van der Waals surface area contributed by atoms with E-state index in [1.165, 1.54) is 11.1 Å². The minimum atomic E-state index is 0.352. The van der Waals surface area contributed by atoms with Gasteiger partial charge in [-0.15, -0.1) is 0 Å². The van der Waals surface area contributed by atoms with E-state index in [-0.39, 0.29) is 0 Å². The second-order valence-electron chi connectivity index (χ2n) is 6.31. The topological polar surface area (TPSA) is 32.5 Å². The lowest BCUT2D eigenvalue weighted by molar-refractivity contribution is 0.0975. The van der Waals surface area contributed by atoms with E-state index in [4.69, 9.17) is 16.1 Å². The minimum Gasteiger partial charge on any atom is -0.361 e. The van der Waals surface area contributed by atoms with Crippen molar-refractivity contribution >= 4 is 11.6 Å². The van der Waals surface area contributed by atoms with Crippen molar-refractivity contribution in [3.8, 4) is 0 Å². The maximum atomic E-state index is 6.34. The zero-order valence-electron chi connectivity index (χ0n) is 14.1. The molecule has 5 heteroatoms. The van der Waals surface area contributed by atoms with Crippen LogP contribution in [-0.4, -0.2) is 41.1 Å². The van der Waals surface area contributed by atoms with Crippen LogP contribution in [0.2, 0.25) is 5.02 Å². The van der Waals surface area contributed by atoms with Crippen LogP contribution in [0.3, 0.4) is 0 Å². The molecular formula is C18H24ClN3O. The summed E-state index contributed by atoms with van der Waals surface area (Å²) in [7, 11) is 0. The summed E-state index contributed by atoms with van der Waals surface area (Å²) in [4.78, 5) is 4.98. The molecule has 0 radical (unpaired) electrons. The highest BCUT2D eigenvalue weighted by molar-refractivity contribution is 6.31. The number of aromatic nitrogens is 1. The molecule has 2 aromatic rings. The second kappa shape index (κ2) is 7.04. The molecule has 1 aromatic heterocycles. The molecule has 0 N–H and O–H groups in total. The van der Waals surface area contributed by atoms with Crippen molar-refractivity contribution in [2.45, 2.75) is 33.4 Å². The van der Waals surface area contributed by atoms with Gasteiger partial charge in [0, 0.05) is 49.4 Å². The molecule has 0 bridgehead atoms. The van der Waals surface area contributed by atoms with Crippen LogP contribution in [0, 0.1) is 13.8 Å². The summed E-state index contributed by atoms with van der Waals surface area (Å²) >= 11 is 6.34. The Morgan fingerprint density at radius 2 is 1.87 bits per heavy atom. The van der Waals surface area contributed by atoms with E-state index < -0.39 is 0 Å². The van der Waals surface area contributed by atoms with E-state index in [1.54, 1.807) is 0 Å². The van der Waals surface area contributed by atoms with Gasteiger partial charge in [-0.3, -0.25) is 9.80 Å². The average Bonchev–Trinajstić information content (AvgIpc) is 2.87. The van der Waals surface area contributed by atoms with Crippen molar-refractivity contribution in [2.75, 3.05) is 26.2 Å². The van der Waals surface area contributed by atoms with Gasteiger partial charge in [-0.05, 0) is 32.4 Å². The van der Waals surface area contributed by atoms with Crippen molar-refractivity contribution in [3.63, 3.8) is 0 Å². The maximum Gasteiger partial charge on any atom is 0.138 e. The first-order valence-electron chi connectivity index (χ1n) is 8.19. The normalized spacial score (nSPS) is 18.3. The van der Waals surface area contributed by atoms with Crippen molar-refractivity contribution in [1.82, 2.24) is 15.0 Å². The number of halogens is 1. The van der Waals surface area contributed by atoms with Gasteiger partial charge in [0.1, 0.15) is 5.76 Å². The first kappa shape index (κ1) is 16.5. The quantitative estimate of drug-likeness (QED) is 0.851. The lowest BCUT2D eigenvalue weighted by Gasteiger charge is -2.38. The van der Waals surface area contributed by atoms with Gasteiger partial charge in [0.15, 0.2) is 0 Å². The Hall–Kier alpha value is -1.36.